The van der Waals surface area contributed by atoms with Crippen molar-refractivity contribution in [2.24, 2.45) is 0 Å². The standard InChI is InChI=1S/C25H29NO4.C13H15NO3.2H2/c1-16-12-18(4-6-21(16)19-10-11-29-15-19)14-30-20-5-7-24-22(13-20)17(2)23(26-24)8-9-25(27)28-3;1-8-10-7-9(15)3-4-12(10)14-11(8)5-6-13(16)17-2;;/h4-7,12-13,19,26H,8-11,14-15H2,1-3H3;3-4,7,14-15H,5-6H2,1-2H3;2*1H. The molecule has 1 saturated heterocycles. The van der Waals surface area contributed by atoms with Gasteiger partial charge in [-0.3, -0.25) is 9.59 Å². The predicted octanol–water partition coefficient (Wildman–Crippen LogP) is 7.75. The number of nitrogens with one attached hydrogen (secondary N) is 2. The minimum Gasteiger partial charge on any atom is -0.508 e. The van der Waals surface area contributed by atoms with E-state index in [1.807, 2.05) is 25.1 Å². The van der Waals surface area contributed by atoms with Crippen LogP contribution in [0.5, 0.6) is 11.5 Å². The van der Waals surface area contributed by atoms with Gasteiger partial charge in [-0.1, -0.05) is 18.2 Å². The van der Waals surface area contributed by atoms with E-state index < -0.39 is 0 Å². The molecule has 3 heterocycles. The maximum Gasteiger partial charge on any atom is 0.305 e. The fourth-order valence-corrected chi connectivity index (χ4v) is 6.21. The van der Waals surface area contributed by atoms with Crippen molar-refractivity contribution in [3.8, 4) is 11.5 Å². The molecule has 3 N–H and O–H groups in total. The van der Waals surface area contributed by atoms with Gasteiger partial charge in [0.25, 0.3) is 0 Å². The molecule has 0 spiro atoms. The summed E-state index contributed by atoms with van der Waals surface area (Å²) in [6.45, 7) is 8.44. The van der Waals surface area contributed by atoms with Gasteiger partial charge in [0.15, 0.2) is 0 Å². The van der Waals surface area contributed by atoms with E-state index in [0.717, 1.165) is 69.7 Å². The molecule has 1 atom stereocenters. The number of fused-ring (bicyclic) bond motifs is 2. The molecule has 3 aromatic carbocycles. The second-order valence-electron chi connectivity index (χ2n) is 12.1. The van der Waals surface area contributed by atoms with Gasteiger partial charge < -0.3 is 34.0 Å². The van der Waals surface area contributed by atoms with E-state index in [9.17, 15) is 14.7 Å². The van der Waals surface area contributed by atoms with Crippen molar-refractivity contribution in [2.45, 2.75) is 65.4 Å². The minimum absolute atomic E-state index is 0. The van der Waals surface area contributed by atoms with Crippen LogP contribution in [-0.4, -0.2) is 54.4 Å². The summed E-state index contributed by atoms with van der Waals surface area (Å²) in [6, 6.07) is 17.9. The molecule has 0 saturated carbocycles. The molecule has 2 aromatic heterocycles. The molecule has 1 aliphatic heterocycles. The number of rotatable bonds is 10. The van der Waals surface area contributed by atoms with Crippen LogP contribution >= 0.6 is 0 Å². The second-order valence-corrected chi connectivity index (χ2v) is 12.1. The van der Waals surface area contributed by atoms with Crippen LogP contribution in [0.1, 0.15) is 67.2 Å². The molecule has 1 unspecified atom stereocenters. The Morgan fingerprint density at radius 3 is 2.04 bits per heavy atom. The first-order valence-corrected chi connectivity index (χ1v) is 16.0. The third-order valence-corrected chi connectivity index (χ3v) is 9.00. The fraction of sp³-hybridized carbons (Fsp3) is 0.368. The Hall–Kier alpha value is -4.76. The SMILES string of the molecule is COC(=O)CCc1[nH]c2ccc(O)cc2c1C.COC(=O)CCc1[nH]c2ccc(OCc3ccc(C4CCOC4)c(C)c3)cc2c1C.[HH].[HH]. The van der Waals surface area contributed by atoms with Crippen LogP contribution in [0, 0.1) is 20.8 Å². The Labute approximate surface area is 278 Å². The summed E-state index contributed by atoms with van der Waals surface area (Å²) < 4.78 is 21.0. The number of aromatic nitrogens is 2. The monoisotopic (exact) mass is 644 g/mol. The third kappa shape index (κ3) is 8.16. The van der Waals surface area contributed by atoms with Crippen molar-refractivity contribution < 1.29 is 36.5 Å². The number of H-pyrrole nitrogens is 2. The molecule has 0 bridgehead atoms. The average Bonchev–Trinajstić information content (AvgIpc) is 3.80. The quantitative estimate of drug-likeness (QED) is 0.133. The summed E-state index contributed by atoms with van der Waals surface area (Å²) >= 11 is 0. The Morgan fingerprint density at radius 2 is 1.47 bits per heavy atom. The van der Waals surface area contributed by atoms with Gasteiger partial charge in [-0.2, -0.15) is 0 Å². The molecule has 47 heavy (non-hydrogen) atoms. The molecule has 9 heteroatoms. The largest absolute Gasteiger partial charge is 0.508 e. The number of phenolic OH excluding ortho intramolecular Hbond substituents is 1. The van der Waals surface area contributed by atoms with Crippen molar-refractivity contribution in [1.82, 2.24) is 9.97 Å². The van der Waals surface area contributed by atoms with E-state index in [-0.39, 0.29) is 20.5 Å². The molecular weight excluding hydrogens is 596 g/mol. The summed E-state index contributed by atoms with van der Waals surface area (Å²) in [6.07, 6.45) is 3.09. The van der Waals surface area contributed by atoms with Crippen LogP contribution in [0.3, 0.4) is 0 Å². The number of methoxy groups -OCH3 is 2. The molecule has 0 aliphatic carbocycles. The number of ether oxygens (including phenoxy) is 4. The molecule has 5 aromatic rings. The van der Waals surface area contributed by atoms with Gasteiger partial charge in [-0.15, -0.1) is 0 Å². The highest BCUT2D eigenvalue weighted by atomic mass is 16.5. The van der Waals surface area contributed by atoms with Gasteiger partial charge in [-0.05, 0) is 104 Å². The van der Waals surface area contributed by atoms with Crippen LogP contribution in [0.15, 0.2) is 54.6 Å². The zero-order chi connectivity index (χ0) is 33.5. The molecule has 6 rings (SSSR count). The lowest BCUT2D eigenvalue weighted by molar-refractivity contribution is -0.141. The Morgan fingerprint density at radius 1 is 0.851 bits per heavy atom. The highest BCUT2D eigenvalue weighted by molar-refractivity contribution is 5.87. The van der Waals surface area contributed by atoms with Gasteiger partial charge in [0.1, 0.15) is 18.1 Å². The van der Waals surface area contributed by atoms with E-state index in [0.29, 0.717) is 38.2 Å². The Balaban J connectivity index is 0.000000293. The average molecular weight is 645 g/mol. The lowest BCUT2D eigenvalue weighted by atomic mass is 9.93. The number of aromatic hydroxyl groups is 1. The topological polar surface area (TPSA) is 123 Å². The molecule has 252 valence electrons. The second kappa shape index (κ2) is 15.2. The molecule has 9 nitrogen and oxygen atoms in total. The zero-order valence-corrected chi connectivity index (χ0v) is 27.8. The van der Waals surface area contributed by atoms with Crippen LogP contribution in [0.4, 0.5) is 0 Å². The first-order chi connectivity index (χ1) is 22.7. The lowest BCUT2D eigenvalue weighted by Gasteiger charge is -2.14. The summed E-state index contributed by atoms with van der Waals surface area (Å²) in [4.78, 5) is 29.2. The molecule has 1 aliphatic rings. The van der Waals surface area contributed by atoms with Crippen molar-refractivity contribution in [3.05, 3.63) is 93.8 Å². The van der Waals surface area contributed by atoms with E-state index in [2.05, 4.69) is 52.8 Å². The van der Waals surface area contributed by atoms with Crippen molar-refractivity contribution in [2.75, 3.05) is 27.4 Å². The predicted molar refractivity (Wildman–Crippen MR) is 186 cm³/mol. The lowest BCUT2D eigenvalue weighted by Crippen LogP contribution is -2.02. The van der Waals surface area contributed by atoms with Gasteiger partial charge in [0.2, 0.25) is 0 Å². The molecule has 0 amide bonds. The first kappa shape index (κ1) is 33.6. The summed E-state index contributed by atoms with van der Waals surface area (Å²) in [7, 11) is 2.81. The van der Waals surface area contributed by atoms with E-state index >= 15 is 0 Å². The number of aryl methyl sites for hydroxylation is 5. The first-order valence-electron chi connectivity index (χ1n) is 16.0. The highest BCUT2D eigenvalue weighted by Gasteiger charge is 2.19. The number of phenols is 1. The Kier molecular flexibility index (Phi) is 10.9. The van der Waals surface area contributed by atoms with Gasteiger partial charge in [-0.25, -0.2) is 0 Å². The van der Waals surface area contributed by atoms with Gasteiger partial charge >= 0.3 is 11.9 Å². The smallest absolute Gasteiger partial charge is 0.305 e. The maximum atomic E-state index is 11.4. The van der Waals surface area contributed by atoms with Gasteiger partial charge in [0.05, 0.1) is 33.7 Å². The molecule has 0 radical (unpaired) electrons. The van der Waals surface area contributed by atoms with Crippen molar-refractivity contribution >= 4 is 33.7 Å². The van der Waals surface area contributed by atoms with Crippen LogP contribution in [0.25, 0.3) is 21.8 Å². The number of aromatic amines is 2. The number of hydrogen-bond acceptors (Lipinski definition) is 7. The number of carbonyl (C=O) groups excluding carboxylic acids is 2. The summed E-state index contributed by atoms with van der Waals surface area (Å²) in [5.41, 5.74) is 10.2. The number of esters is 2. The number of benzene rings is 3. The van der Waals surface area contributed by atoms with E-state index in [4.69, 9.17) is 14.2 Å². The van der Waals surface area contributed by atoms with Crippen molar-refractivity contribution in [1.29, 1.82) is 0 Å². The molecule has 1 fully saturated rings. The van der Waals surface area contributed by atoms with Crippen LogP contribution in [0.2, 0.25) is 0 Å². The zero-order valence-electron chi connectivity index (χ0n) is 27.8. The highest BCUT2D eigenvalue weighted by Crippen LogP contribution is 2.30. The fourth-order valence-electron chi connectivity index (χ4n) is 6.21. The van der Waals surface area contributed by atoms with E-state index in [1.165, 1.54) is 30.9 Å². The van der Waals surface area contributed by atoms with Crippen LogP contribution in [-0.2, 0) is 43.2 Å². The van der Waals surface area contributed by atoms with Gasteiger partial charge in [0, 0.05) is 48.6 Å². The summed E-state index contributed by atoms with van der Waals surface area (Å²) in [5, 5.41) is 11.5. The third-order valence-electron chi connectivity index (χ3n) is 9.00. The Bertz CT molecular complexity index is 1880. The number of carbonyl (C=O) groups is 2. The van der Waals surface area contributed by atoms with Crippen LogP contribution < -0.4 is 4.74 Å². The maximum absolute atomic E-state index is 11.4. The normalized spacial score (nSPS) is 14.2. The number of hydrogen-bond donors (Lipinski definition) is 3. The van der Waals surface area contributed by atoms with E-state index in [1.54, 1.807) is 12.1 Å². The minimum atomic E-state index is -0.217. The summed E-state index contributed by atoms with van der Waals surface area (Å²) in [5.74, 6) is 1.20. The van der Waals surface area contributed by atoms with Crippen molar-refractivity contribution in [3.63, 3.8) is 0 Å². The molecular formula is C38H48N2O7.